The van der Waals surface area contributed by atoms with Crippen molar-refractivity contribution >= 4 is 16.0 Å². The Labute approximate surface area is 125 Å². The van der Waals surface area contributed by atoms with Gasteiger partial charge in [0.25, 0.3) is 0 Å². The molecule has 0 aliphatic carbocycles. The van der Waals surface area contributed by atoms with E-state index in [-0.39, 0.29) is 17.4 Å². The van der Waals surface area contributed by atoms with Gasteiger partial charge in [0.2, 0.25) is 10.0 Å². The van der Waals surface area contributed by atoms with Gasteiger partial charge < -0.3 is 9.84 Å². The van der Waals surface area contributed by atoms with E-state index < -0.39 is 16.0 Å². The maximum Gasteiger partial charge on any atom is 0.303 e. The predicted octanol–water partition coefficient (Wildman–Crippen LogP) is 1.36. The normalized spacial score (nSPS) is 13.3. The molecule has 118 valence electrons. The van der Waals surface area contributed by atoms with E-state index in [1.54, 1.807) is 19.1 Å². The first-order valence-corrected chi connectivity index (χ1v) is 8.00. The molecule has 0 bridgehead atoms. The molecule has 0 fully saturated rings. The third-order valence-electron chi connectivity index (χ3n) is 3.26. The molecule has 1 aromatic rings. The van der Waals surface area contributed by atoms with Gasteiger partial charge in [-0.1, -0.05) is 12.1 Å². The summed E-state index contributed by atoms with van der Waals surface area (Å²) in [6, 6.07) is 6.02. The molecule has 1 unspecified atom stereocenters. The molecular formula is C14H21NO5S. The smallest absolute Gasteiger partial charge is 0.303 e. The summed E-state index contributed by atoms with van der Waals surface area (Å²) < 4.78 is 31.0. The molecule has 1 aromatic carbocycles. The van der Waals surface area contributed by atoms with Crippen LogP contribution in [0.5, 0.6) is 0 Å². The molecule has 1 rings (SSSR count). The molecule has 0 heterocycles. The molecule has 6 nitrogen and oxygen atoms in total. The first kappa shape index (κ1) is 17.6. The quantitative estimate of drug-likeness (QED) is 0.783. The van der Waals surface area contributed by atoms with Crippen LogP contribution in [0.1, 0.15) is 18.9 Å². The fourth-order valence-electron chi connectivity index (χ4n) is 1.83. The average Bonchev–Trinajstić information content (AvgIpc) is 2.45. The summed E-state index contributed by atoms with van der Waals surface area (Å²) in [4.78, 5) is 10.7. The molecule has 0 spiro atoms. The van der Waals surface area contributed by atoms with E-state index >= 15 is 0 Å². The Kier molecular flexibility index (Phi) is 6.32. The van der Waals surface area contributed by atoms with Gasteiger partial charge in [0, 0.05) is 26.6 Å². The summed E-state index contributed by atoms with van der Waals surface area (Å²) in [7, 11) is -0.538. The number of aliphatic carboxylic acids is 1. The number of nitrogens with zero attached hydrogens (tertiary/aromatic N) is 1. The van der Waals surface area contributed by atoms with Crippen LogP contribution in [-0.4, -0.2) is 50.6 Å². The van der Waals surface area contributed by atoms with Crippen molar-refractivity contribution < 1.29 is 23.1 Å². The van der Waals surface area contributed by atoms with Crippen molar-refractivity contribution in [3.63, 3.8) is 0 Å². The summed E-state index contributed by atoms with van der Waals surface area (Å²) in [5, 5.41) is 8.63. The van der Waals surface area contributed by atoms with Gasteiger partial charge >= 0.3 is 5.97 Å². The second-order valence-corrected chi connectivity index (χ2v) is 6.86. The van der Waals surface area contributed by atoms with Crippen LogP contribution in [0.15, 0.2) is 29.2 Å². The standard InChI is InChI=1S/C14H21NO5S/c1-11(10-20-3)15(2)21(18,19)13-7-4-12(5-8-13)6-9-14(16)17/h4-5,7-8,11H,6,9-10H2,1-3H3,(H,16,17). The number of rotatable bonds is 8. The van der Waals surface area contributed by atoms with Crippen LogP contribution in [0.25, 0.3) is 0 Å². The Morgan fingerprint density at radius 3 is 2.38 bits per heavy atom. The molecule has 0 saturated carbocycles. The van der Waals surface area contributed by atoms with Gasteiger partial charge in [-0.15, -0.1) is 0 Å². The molecule has 0 aliphatic rings. The first-order valence-electron chi connectivity index (χ1n) is 6.56. The van der Waals surface area contributed by atoms with E-state index in [9.17, 15) is 13.2 Å². The summed E-state index contributed by atoms with van der Waals surface area (Å²) in [5.41, 5.74) is 0.795. The molecule has 7 heteroatoms. The number of benzene rings is 1. The fraction of sp³-hybridized carbons (Fsp3) is 0.500. The highest BCUT2D eigenvalue weighted by Crippen LogP contribution is 2.18. The van der Waals surface area contributed by atoms with E-state index in [2.05, 4.69) is 0 Å². The molecule has 0 radical (unpaired) electrons. The molecule has 0 saturated heterocycles. The SMILES string of the molecule is COCC(C)N(C)S(=O)(=O)c1ccc(CCC(=O)O)cc1. The number of sulfonamides is 1. The molecule has 0 aliphatic heterocycles. The topological polar surface area (TPSA) is 83.9 Å². The maximum absolute atomic E-state index is 12.4. The zero-order valence-corrected chi connectivity index (χ0v) is 13.3. The summed E-state index contributed by atoms with van der Waals surface area (Å²) in [5.74, 6) is -0.875. The van der Waals surface area contributed by atoms with Crippen LogP contribution in [-0.2, 0) is 26.0 Å². The Hall–Kier alpha value is -1.44. The van der Waals surface area contributed by atoms with E-state index in [0.717, 1.165) is 5.56 Å². The molecule has 1 N–H and O–H groups in total. The fourth-order valence-corrected chi connectivity index (χ4v) is 3.18. The zero-order chi connectivity index (χ0) is 16.0. The Bertz CT molecular complexity index is 568. The number of carbonyl (C=O) groups is 1. The number of ether oxygens (including phenoxy) is 1. The van der Waals surface area contributed by atoms with Crippen LogP contribution in [0.2, 0.25) is 0 Å². The van der Waals surface area contributed by atoms with Gasteiger partial charge in [0.15, 0.2) is 0 Å². The number of likely N-dealkylation sites (N-methyl/N-ethyl adjacent to an activating group) is 1. The highest BCUT2D eigenvalue weighted by molar-refractivity contribution is 7.89. The lowest BCUT2D eigenvalue weighted by atomic mass is 10.1. The number of hydrogen-bond acceptors (Lipinski definition) is 4. The Balaban J connectivity index is 2.86. The Morgan fingerprint density at radius 1 is 1.33 bits per heavy atom. The number of hydrogen-bond donors (Lipinski definition) is 1. The second kappa shape index (κ2) is 7.53. The maximum atomic E-state index is 12.4. The van der Waals surface area contributed by atoms with Gasteiger partial charge in [-0.05, 0) is 31.0 Å². The number of aryl methyl sites for hydroxylation is 1. The third-order valence-corrected chi connectivity index (χ3v) is 5.24. The number of carboxylic acids is 1. The third kappa shape index (κ3) is 4.80. The average molecular weight is 315 g/mol. The van der Waals surface area contributed by atoms with Gasteiger partial charge in [-0.3, -0.25) is 4.79 Å². The van der Waals surface area contributed by atoms with Crippen LogP contribution < -0.4 is 0 Å². The number of methoxy groups -OCH3 is 1. The van der Waals surface area contributed by atoms with Crippen molar-refractivity contribution in [2.75, 3.05) is 20.8 Å². The summed E-state index contributed by atoms with van der Waals surface area (Å²) >= 11 is 0. The minimum absolute atomic E-state index is 0.0247. The minimum Gasteiger partial charge on any atom is -0.481 e. The van der Waals surface area contributed by atoms with Crippen molar-refractivity contribution in [3.05, 3.63) is 29.8 Å². The van der Waals surface area contributed by atoms with E-state index in [0.29, 0.717) is 13.0 Å². The summed E-state index contributed by atoms with van der Waals surface area (Å²) in [6.07, 6.45) is 0.405. The Morgan fingerprint density at radius 2 is 1.90 bits per heavy atom. The predicted molar refractivity (Wildman–Crippen MR) is 78.7 cm³/mol. The lowest BCUT2D eigenvalue weighted by Gasteiger charge is -2.23. The lowest BCUT2D eigenvalue weighted by molar-refractivity contribution is -0.136. The van der Waals surface area contributed by atoms with Gasteiger partial charge in [0.05, 0.1) is 11.5 Å². The first-order chi connectivity index (χ1) is 9.78. The minimum atomic E-state index is -3.57. The van der Waals surface area contributed by atoms with Gasteiger partial charge in [-0.25, -0.2) is 8.42 Å². The van der Waals surface area contributed by atoms with Crippen LogP contribution in [0, 0.1) is 0 Å². The van der Waals surface area contributed by atoms with Crippen LogP contribution in [0.4, 0.5) is 0 Å². The summed E-state index contributed by atoms with van der Waals surface area (Å²) in [6.45, 7) is 2.08. The largest absolute Gasteiger partial charge is 0.481 e. The molecule has 21 heavy (non-hydrogen) atoms. The van der Waals surface area contributed by atoms with Crippen molar-refractivity contribution in [2.45, 2.75) is 30.7 Å². The number of carboxylic acid groups (broad SMARTS) is 1. The van der Waals surface area contributed by atoms with E-state index in [1.165, 1.54) is 30.6 Å². The monoisotopic (exact) mass is 315 g/mol. The van der Waals surface area contributed by atoms with Crippen molar-refractivity contribution in [2.24, 2.45) is 0 Å². The van der Waals surface area contributed by atoms with Gasteiger partial charge in [0.1, 0.15) is 0 Å². The molecule has 0 amide bonds. The van der Waals surface area contributed by atoms with E-state index in [1.807, 2.05) is 0 Å². The van der Waals surface area contributed by atoms with Crippen molar-refractivity contribution in [1.29, 1.82) is 0 Å². The van der Waals surface area contributed by atoms with Crippen molar-refractivity contribution in [1.82, 2.24) is 4.31 Å². The van der Waals surface area contributed by atoms with Gasteiger partial charge in [-0.2, -0.15) is 4.31 Å². The second-order valence-electron chi connectivity index (χ2n) is 4.86. The van der Waals surface area contributed by atoms with Crippen LogP contribution in [0.3, 0.4) is 0 Å². The van der Waals surface area contributed by atoms with Crippen molar-refractivity contribution in [3.8, 4) is 0 Å². The highest BCUT2D eigenvalue weighted by atomic mass is 32.2. The highest BCUT2D eigenvalue weighted by Gasteiger charge is 2.25. The van der Waals surface area contributed by atoms with Crippen LogP contribution >= 0.6 is 0 Å². The lowest BCUT2D eigenvalue weighted by Crippen LogP contribution is -2.37. The molecule has 1 atom stereocenters. The van der Waals surface area contributed by atoms with E-state index in [4.69, 9.17) is 9.84 Å². The molecular weight excluding hydrogens is 294 g/mol. The molecule has 0 aromatic heterocycles. The zero-order valence-electron chi connectivity index (χ0n) is 12.4.